The second kappa shape index (κ2) is 6.75. The number of carbonyl (C=O) groups excluding carboxylic acids is 1. The molecule has 1 rings (SSSR count). The molecule has 20 heavy (non-hydrogen) atoms. The number of hydrogen-bond acceptors (Lipinski definition) is 4. The number of nitrogens with zero attached hydrogens (tertiary/aromatic N) is 2. The Hall–Kier alpha value is -2.29. The van der Waals surface area contributed by atoms with E-state index in [0.717, 1.165) is 0 Å². The molecule has 0 fully saturated rings. The van der Waals surface area contributed by atoms with Gasteiger partial charge in [-0.15, -0.1) is 0 Å². The van der Waals surface area contributed by atoms with Gasteiger partial charge >= 0.3 is 5.97 Å². The number of amides is 1. The highest BCUT2D eigenvalue weighted by molar-refractivity contribution is 5.84. The van der Waals surface area contributed by atoms with Crippen LogP contribution < -0.4 is 0 Å². The molecule has 1 amide bonds. The second-order valence-corrected chi connectivity index (χ2v) is 5.17. The van der Waals surface area contributed by atoms with Crippen LogP contribution >= 0.6 is 0 Å². The maximum Gasteiger partial charge on any atom is 0.309 e. The average Bonchev–Trinajstić information content (AvgIpc) is 2.86. The number of carboxylic acids is 1. The molecule has 0 radical (unpaired) electrons. The van der Waals surface area contributed by atoms with Gasteiger partial charge in [0, 0.05) is 13.0 Å². The first-order valence-electron chi connectivity index (χ1n) is 6.27. The van der Waals surface area contributed by atoms with Crippen molar-refractivity contribution in [3.05, 3.63) is 24.2 Å². The van der Waals surface area contributed by atoms with Crippen LogP contribution in [0, 0.1) is 16.7 Å². The van der Waals surface area contributed by atoms with Crippen LogP contribution in [0.2, 0.25) is 0 Å². The molecule has 0 aliphatic carbocycles. The zero-order valence-electron chi connectivity index (χ0n) is 11.6. The summed E-state index contributed by atoms with van der Waals surface area (Å²) in [4.78, 5) is 24.7. The lowest BCUT2D eigenvalue weighted by Gasteiger charge is -2.25. The highest BCUT2D eigenvalue weighted by Gasteiger charge is 2.32. The van der Waals surface area contributed by atoms with E-state index in [1.807, 2.05) is 6.07 Å². The fourth-order valence-corrected chi connectivity index (χ4v) is 1.63. The summed E-state index contributed by atoms with van der Waals surface area (Å²) in [5.74, 6) is -0.724. The molecular formula is C14H18N2O4. The van der Waals surface area contributed by atoms with Crippen molar-refractivity contribution >= 4 is 11.9 Å². The summed E-state index contributed by atoms with van der Waals surface area (Å²) in [6.45, 7) is 3.50. The standard InChI is InChI=1S/C14H18N2O4/c1-14(2,13(18)19)9-12(17)16(7-4-6-15)10-11-5-3-8-20-11/h3,5,8H,4,7,9-10H2,1-2H3,(H,18,19). The predicted molar refractivity (Wildman–Crippen MR) is 70.4 cm³/mol. The molecule has 6 nitrogen and oxygen atoms in total. The molecule has 0 saturated carbocycles. The van der Waals surface area contributed by atoms with Crippen LogP contribution in [-0.2, 0) is 16.1 Å². The minimum atomic E-state index is -1.13. The van der Waals surface area contributed by atoms with E-state index in [0.29, 0.717) is 5.76 Å². The Bertz CT molecular complexity index is 500. The van der Waals surface area contributed by atoms with Crippen molar-refractivity contribution in [2.24, 2.45) is 5.41 Å². The number of hydrogen-bond donors (Lipinski definition) is 1. The largest absolute Gasteiger partial charge is 0.481 e. The van der Waals surface area contributed by atoms with Crippen molar-refractivity contribution < 1.29 is 19.1 Å². The van der Waals surface area contributed by atoms with Crippen LogP contribution in [0.25, 0.3) is 0 Å². The molecule has 0 atom stereocenters. The van der Waals surface area contributed by atoms with Crippen LogP contribution in [0.5, 0.6) is 0 Å². The number of furan rings is 1. The summed E-state index contributed by atoms with van der Waals surface area (Å²) in [5.41, 5.74) is -1.13. The Labute approximate surface area is 117 Å². The minimum Gasteiger partial charge on any atom is -0.481 e. The summed E-state index contributed by atoms with van der Waals surface area (Å²) >= 11 is 0. The number of rotatable bonds is 7. The highest BCUT2D eigenvalue weighted by atomic mass is 16.4. The predicted octanol–water partition coefficient (Wildman–Crippen LogP) is 2.02. The minimum absolute atomic E-state index is 0.117. The molecule has 1 aromatic rings. The lowest BCUT2D eigenvalue weighted by atomic mass is 9.89. The summed E-state index contributed by atoms with van der Waals surface area (Å²) in [6, 6.07) is 5.42. The second-order valence-electron chi connectivity index (χ2n) is 5.17. The maximum absolute atomic E-state index is 12.2. The van der Waals surface area contributed by atoms with E-state index in [9.17, 15) is 9.59 Å². The summed E-state index contributed by atoms with van der Waals surface area (Å²) in [7, 11) is 0. The van der Waals surface area contributed by atoms with Gasteiger partial charge in [-0.05, 0) is 26.0 Å². The Morgan fingerprint density at radius 3 is 2.70 bits per heavy atom. The third kappa shape index (κ3) is 4.43. The maximum atomic E-state index is 12.2. The van der Waals surface area contributed by atoms with E-state index in [-0.39, 0.29) is 31.8 Å². The number of carbonyl (C=O) groups is 2. The van der Waals surface area contributed by atoms with Gasteiger partial charge in [0.15, 0.2) is 0 Å². The van der Waals surface area contributed by atoms with E-state index in [2.05, 4.69) is 0 Å². The number of aliphatic carboxylic acids is 1. The van der Waals surface area contributed by atoms with Crippen LogP contribution in [0.1, 0.15) is 32.4 Å². The van der Waals surface area contributed by atoms with Crippen molar-refractivity contribution in [2.75, 3.05) is 6.54 Å². The van der Waals surface area contributed by atoms with Crippen molar-refractivity contribution in [1.29, 1.82) is 5.26 Å². The van der Waals surface area contributed by atoms with Crippen LogP contribution in [0.4, 0.5) is 0 Å². The Balaban J connectivity index is 2.74. The van der Waals surface area contributed by atoms with E-state index in [1.54, 1.807) is 12.1 Å². The molecule has 1 aromatic heterocycles. The summed E-state index contributed by atoms with van der Waals surface area (Å²) < 4.78 is 5.18. The molecule has 0 bridgehead atoms. The van der Waals surface area contributed by atoms with Gasteiger partial charge in [-0.2, -0.15) is 5.26 Å². The Kier molecular flexibility index (Phi) is 5.32. The fourth-order valence-electron chi connectivity index (χ4n) is 1.63. The zero-order chi connectivity index (χ0) is 15.2. The van der Waals surface area contributed by atoms with Gasteiger partial charge in [0.2, 0.25) is 5.91 Å². The summed E-state index contributed by atoms with van der Waals surface area (Å²) in [5, 5.41) is 17.7. The van der Waals surface area contributed by atoms with Gasteiger partial charge in [0.25, 0.3) is 0 Å². The molecule has 6 heteroatoms. The molecule has 0 aliphatic rings. The van der Waals surface area contributed by atoms with Crippen molar-refractivity contribution in [1.82, 2.24) is 4.90 Å². The van der Waals surface area contributed by atoms with E-state index < -0.39 is 11.4 Å². The van der Waals surface area contributed by atoms with Crippen molar-refractivity contribution in [2.45, 2.75) is 33.2 Å². The highest BCUT2D eigenvalue weighted by Crippen LogP contribution is 2.22. The molecule has 0 aliphatic heterocycles. The molecule has 1 N–H and O–H groups in total. The molecule has 0 spiro atoms. The topological polar surface area (TPSA) is 94.5 Å². The molecule has 0 aromatic carbocycles. The lowest BCUT2D eigenvalue weighted by molar-refractivity contribution is -0.151. The fraction of sp³-hybridized carbons (Fsp3) is 0.500. The average molecular weight is 278 g/mol. The number of carboxylic acid groups (broad SMARTS) is 1. The van der Waals surface area contributed by atoms with Crippen molar-refractivity contribution in [3.8, 4) is 6.07 Å². The SMILES string of the molecule is CC(C)(CC(=O)N(CCC#N)Cc1ccco1)C(=O)O. The Morgan fingerprint density at radius 1 is 1.50 bits per heavy atom. The van der Waals surface area contributed by atoms with Gasteiger partial charge in [0.05, 0.1) is 30.7 Å². The van der Waals surface area contributed by atoms with Crippen LogP contribution in [-0.4, -0.2) is 28.4 Å². The molecule has 1 heterocycles. The summed E-state index contributed by atoms with van der Waals surface area (Å²) in [6.07, 6.45) is 1.58. The normalized spacial score (nSPS) is 10.8. The third-order valence-electron chi connectivity index (χ3n) is 2.95. The molecular weight excluding hydrogens is 260 g/mol. The van der Waals surface area contributed by atoms with Crippen LogP contribution in [0.3, 0.4) is 0 Å². The first kappa shape index (κ1) is 15.8. The van der Waals surface area contributed by atoms with E-state index in [4.69, 9.17) is 14.8 Å². The molecule has 0 saturated heterocycles. The van der Waals surface area contributed by atoms with Gasteiger partial charge in [-0.25, -0.2) is 0 Å². The first-order valence-corrected chi connectivity index (χ1v) is 6.27. The van der Waals surface area contributed by atoms with Gasteiger partial charge in [-0.3, -0.25) is 9.59 Å². The number of nitriles is 1. The van der Waals surface area contributed by atoms with Crippen molar-refractivity contribution in [3.63, 3.8) is 0 Å². The zero-order valence-corrected chi connectivity index (χ0v) is 11.6. The van der Waals surface area contributed by atoms with Gasteiger partial charge in [0.1, 0.15) is 5.76 Å². The molecule has 108 valence electrons. The quantitative estimate of drug-likeness (QED) is 0.823. The van der Waals surface area contributed by atoms with E-state index >= 15 is 0 Å². The third-order valence-corrected chi connectivity index (χ3v) is 2.95. The van der Waals surface area contributed by atoms with E-state index in [1.165, 1.54) is 25.0 Å². The monoisotopic (exact) mass is 278 g/mol. The smallest absolute Gasteiger partial charge is 0.309 e. The van der Waals surface area contributed by atoms with Crippen LogP contribution in [0.15, 0.2) is 22.8 Å². The first-order chi connectivity index (χ1) is 9.36. The van der Waals surface area contributed by atoms with Gasteiger partial charge in [-0.1, -0.05) is 0 Å². The van der Waals surface area contributed by atoms with Gasteiger partial charge < -0.3 is 14.4 Å². The Morgan fingerprint density at radius 2 is 2.20 bits per heavy atom. The lowest BCUT2D eigenvalue weighted by Crippen LogP contribution is -2.37. The molecule has 0 unspecified atom stereocenters.